The summed E-state index contributed by atoms with van der Waals surface area (Å²) in [4.78, 5) is 9.21. The SMILES string of the molecule is CN=C(NCC(c1ccccc1OC)N(C)C)NC1CCN(Cc2ccccc2)CC1.I. The number of likely N-dealkylation sites (tertiary alicyclic amines) is 1. The lowest BCUT2D eigenvalue weighted by Crippen LogP contribution is -2.49. The van der Waals surface area contributed by atoms with E-state index in [2.05, 4.69) is 82.0 Å². The van der Waals surface area contributed by atoms with Crippen molar-refractivity contribution in [2.75, 3.05) is 47.9 Å². The van der Waals surface area contributed by atoms with Crippen molar-refractivity contribution in [2.45, 2.75) is 31.5 Å². The van der Waals surface area contributed by atoms with Gasteiger partial charge in [-0.15, -0.1) is 24.0 Å². The number of nitrogens with one attached hydrogen (secondary N) is 2. The Bertz CT molecular complexity index is 822. The van der Waals surface area contributed by atoms with Gasteiger partial charge < -0.3 is 20.3 Å². The molecule has 1 heterocycles. The summed E-state index contributed by atoms with van der Waals surface area (Å²) >= 11 is 0. The fourth-order valence-corrected chi connectivity index (χ4v) is 4.17. The Balaban J connectivity index is 0.00000363. The van der Waals surface area contributed by atoms with Crippen LogP contribution in [0, 0.1) is 0 Å². The first kappa shape index (κ1) is 26.4. The zero-order valence-corrected chi connectivity index (χ0v) is 22.1. The van der Waals surface area contributed by atoms with Gasteiger partial charge in [-0.2, -0.15) is 0 Å². The molecule has 32 heavy (non-hydrogen) atoms. The molecule has 1 aliphatic heterocycles. The Kier molecular flexibility index (Phi) is 11.3. The van der Waals surface area contributed by atoms with Gasteiger partial charge in [0.1, 0.15) is 5.75 Å². The van der Waals surface area contributed by atoms with Gasteiger partial charge in [0.15, 0.2) is 5.96 Å². The highest BCUT2D eigenvalue weighted by atomic mass is 127. The monoisotopic (exact) mass is 551 g/mol. The van der Waals surface area contributed by atoms with E-state index in [-0.39, 0.29) is 30.0 Å². The summed E-state index contributed by atoms with van der Waals surface area (Å²) in [5.74, 6) is 1.78. The van der Waals surface area contributed by atoms with Gasteiger partial charge in [-0.25, -0.2) is 0 Å². The average molecular weight is 552 g/mol. The van der Waals surface area contributed by atoms with Crippen LogP contribution in [0.4, 0.5) is 0 Å². The van der Waals surface area contributed by atoms with Crippen LogP contribution in [0.5, 0.6) is 5.75 Å². The Morgan fingerprint density at radius 3 is 2.38 bits per heavy atom. The van der Waals surface area contributed by atoms with E-state index >= 15 is 0 Å². The van der Waals surface area contributed by atoms with Crippen molar-refractivity contribution in [3.63, 3.8) is 0 Å². The molecule has 0 bridgehead atoms. The van der Waals surface area contributed by atoms with Crippen molar-refractivity contribution in [2.24, 2.45) is 4.99 Å². The second kappa shape index (κ2) is 13.6. The lowest BCUT2D eigenvalue weighted by molar-refractivity contribution is 0.198. The number of likely N-dealkylation sites (N-methyl/N-ethyl adjacent to an activating group) is 1. The lowest BCUT2D eigenvalue weighted by atomic mass is 10.0. The smallest absolute Gasteiger partial charge is 0.191 e. The number of para-hydroxylation sites is 1. The molecule has 0 aliphatic carbocycles. The van der Waals surface area contributed by atoms with E-state index in [0.717, 1.165) is 50.7 Å². The predicted molar refractivity (Wildman–Crippen MR) is 144 cm³/mol. The minimum absolute atomic E-state index is 0. The summed E-state index contributed by atoms with van der Waals surface area (Å²) in [5.41, 5.74) is 2.56. The molecule has 2 aromatic rings. The van der Waals surface area contributed by atoms with E-state index in [1.807, 2.05) is 19.2 Å². The molecule has 0 radical (unpaired) electrons. The molecule has 1 aliphatic rings. The highest BCUT2D eigenvalue weighted by Gasteiger charge is 2.22. The average Bonchev–Trinajstić information content (AvgIpc) is 2.80. The van der Waals surface area contributed by atoms with Crippen LogP contribution in [-0.2, 0) is 6.54 Å². The molecule has 1 unspecified atom stereocenters. The zero-order chi connectivity index (χ0) is 22.1. The topological polar surface area (TPSA) is 52.1 Å². The van der Waals surface area contributed by atoms with Gasteiger partial charge in [0.2, 0.25) is 0 Å². The minimum atomic E-state index is 0. The second-order valence-electron chi connectivity index (χ2n) is 8.35. The predicted octanol–water partition coefficient (Wildman–Crippen LogP) is 3.75. The molecule has 0 saturated carbocycles. The number of benzene rings is 2. The van der Waals surface area contributed by atoms with Gasteiger partial charge in [-0.05, 0) is 38.6 Å². The maximum atomic E-state index is 5.58. The second-order valence-corrected chi connectivity index (χ2v) is 8.35. The highest BCUT2D eigenvalue weighted by Crippen LogP contribution is 2.27. The van der Waals surface area contributed by atoms with E-state index in [9.17, 15) is 0 Å². The molecule has 1 saturated heterocycles. The van der Waals surface area contributed by atoms with Crippen molar-refractivity contribution in [3.05, 3.63) is 65.7 Å². The summed E-state index contributed by atoms with van der Waals surface area (Å²) < 4.78 is 5.58. The van der Waals surface area contributed by atoms with Gasteiger partial charge in [-0.3, -0.25) is 9.89 Å². The number of nitrogens with zero attached hydrogens (tertiary/aromatic N) is 3. The maximum absolute atomic E-state index is 5.58. The van der Waals surface area contributed by atoms with Crippen molar-refractivity contribution in [1.82, 2.24) is 20.4 Å². The first-order valence-electron chi connectivity index (χ1n) is 11.1. The van der Waals surface area contributed by atoms with Crippen LogP contribution >= 0.6 is 24.0 Å². The van der Waals surface area contributed by atoms with Gasteiger partial charge >= 0.3 is 0 Å². The molecule has 1 fully saturated rings. The quantitative estimate of drug-likeness (QED) is 0.298. The van der Waals surface area contributed by atoms with E-state index in [0.29, 0.717) is 6.04 Å². The summed E-state index contributed by atoms with van der Waals surface area (Å²) in [5, 5.41) is 7.15. The normalized spacial score (nSPS) is 16.3. The number of hydrogen-bond acceptors (Lipinski definition) is 4. The number of piperidine rings is 1. The first-order valence-corrected chi connectivity index (χ1v) is 11.1. The van der Waals surface area contributed by atoms with Gasteiger partial charge in [0.25, 0.3) is 0 Å². The van der Waals surface area contributed by atoms with E-state index in [1.165, 1.54) is 11.1 Å². The number of rotatable bonds is 8. The van der Waals surface area contributed by atoms with Gasteiger partial charge in [0, 0.05) is 44.8 Å². The van der Waals surface area contributed by atoms with Crippen LogP contribution in [0.3, 0.4) is 0 Å². The third-order valence-corrected chi connectivity index (χ3v) is 5.99. The number of halogens is 1. The molecule has 2 aromatic carbocycles. The largest absolute Gasteiger partial charge is 0.496 e. The molecule has 1 atom stereocenters. The van der Waals surface area contributed by atoms with Crippen molar-refractivity contribution < 1.29 is 4.74 Å². The Labute approximate surface area is 210 Å². The van der Waals surface area contributed by atoms with Crippen LogP contribution < -0.4 is 15.4 Å². The molecule has 0 amide bonds. The number of hydrogen-bond donors (Lipinski definition) is 2. The van der Waals surface area contributed by atoms with Crippen molar-refractivity contribution in [1.29, 1.82) is 0 Å². The summed E-state index contributed by atoms with van der Waals surface area (Å²) in [7, 11) is 7.76. The third kappa shape index (κ3) is 7.64. The lowest BCUT2D eigenvalue weighted by Gasteiger charge is -2.33. The number of methoxy groups -OCH3 is 1. The van der Waals surface area contributed by atoms with E-state index in [1.54, 1.807) is 7.11 Å². The Morgan fingerprint density at radius 1 is 1.09 bits per heavy atom. The van der Waals surface area contributed by atoms with Crippen LogP contribution in [0.25, 0.3) is 0 Å². The molecule has 2 N–H and O–H groups in total. The highest BCUT2D eigenvalue weighted by molar-refractivity contribution is 14.0. The maximum Gasteiger partial charge on any atom is 0.191 e. The van der Waals surface area contributed by atoms with Gasteiger partial charge in [-0.1, -0.05) is 48.5 Å². The zero-order valence-electron chi connectivity index (χ0n) is 19.8. The molecule has 3 rings (SSSR count). The Hall–Kier alpha value is -1.84. The van der Waals surface area contributed by atoms with Crippen molar-refractivity contribution in [3.8, 4) is 5.75 Å². The van der Waals surface area contributed by atoms with Crippen LogP contribution in [0.15, 0.2) is 59.6 Å². The molecule has 6 nitrogen and oxygen atoms in total. The summed E-state index contributed by atoms with van der Waals surface area (Å²) in [6, 6.07) is 19.6. The molecular formula is C25H38IN5O. The number of guanidine groups is 1. The molecule has 176 valence electrons. The summed E-state index contributed by atoms with van der Waals surface area (Å²) in [6.07, 6.45) is 2.24. The van der Waals surface area contributed by atoms with Crippen molar-refractivity contribution >= 4 is 29.9 Å². The van der Waals surface area contributed by atoms with Crippen LogP contribution in [0.1, 0.15) is 30.0 Å². The fraction of sp³-hybridized carbons (Fsp3) is 0.480. The number of aliphatic imine (C=N–C) groups is 1. The van der Waals surface area contributed by atoms with Crippen LogP contribution in [0.2, 0.25) is 0 Å². The summed E-state index contributed by atoms with van der Waals surface area (Å²) in [6.45, 7) is 3.99. The van der Waals surface area contributed by atoms with Crippen LogP contribution in [-0.4, -0.2) is 69.7 Å². The molecule has 7 heteroatoms. The molecule has 0 aromatic heterocycles. The molecule has 0 spiro atoms. The standard InChI is InChI=1S/C25H37N5O.HI/c1-26-25(27-18-23(29(2)3)22-12-8-9-13-24(22)31-4)28-21-14-16-30(17-15-21)19-20-10-6-5-7-11-20;/h5-13,21,23H,14-19H2,1-4H3,(H2,26,27,28);1H. The fourth-order valence-electron chi connectivity index (χ4n) is 4.17. The van der Waals surface area contributed by atoms with E-state index in [4.69, 9.17) is 4.74 Å². The van der Waals surface area contributed by atoms with E-state index < -0.39 is 0 Å². The van der Waals surface area contributed by atoms with Gasteiger partial charge in [0.05, 0.1) is 13.2 Å². The third-order valence-electron chi connectivity index (χ3n) is 5.99. The minimum Gasteiger partial charge on any atom is -0.496 e. The number of ether oxygens (including phenoxy) is 1. The Morgan fingerprint density at radius 2 is 1.75 bits per heavy atom. The molecular weight excluding hydrogens is 513 g/mol. The first-order chi connectivity index (χ1) is 15.1.